The number of amidine groups is 1. The fourth-order valence-corrected chi connectivity index (χ4v) is 0.427. The Morgan fingerprint density at radius 2 is 2.56 bits per heavy atom. The summed E-state index contributed by atoms with van der Waals surface area (Å²) in [6.45, 7) is 0.257. The van der Waals surface area contributed by atoms with Crippen LogP contribution in [-0.4, -0.2) is 26.0 Å². The second kappa shape index (κ2) is 2.21. The smallest absolute Gasteiger partial charge is 0.138 e. The van der Waals surface area contributed by atoms with E-state index in [9.17, 15) is 0 Å². The second-order valence-corrected chi connectivity index (χ2v) is 1.53. The SMILES string of the molecule is N=C(N)Cn1cnnn1. The molecule has 1 heterocycles. The van der Waals surface area contributed by atoms with Gasteiger partial charge in [-0.05, 0) is 10.4 Å². The van der Waals surface area contributed by atoms with Crippen LogP contribution in [0.1, 0.15) is 0 Å². The van der Waals surface area contributed by atoms with Crippen molar-refractivity contribution < 1.29 is 0 Å². The summed E-state index contributed by atoms with van der Waals surface area (Å²) in [5.41, 5.74) is 5.05. The highest BCUT2D eigenvalue weighted by Gasteiger charge is 1.91. The summed E-state index contributed by atoms with van der Waals surface area (Å²) in [7, 11) is 0. The minimum atomic E-state index is 0.0438. The molecule has 0 bridgehead atoms. The predicted octanol–water partition coefficient (Wildman–Crippen LogP) is -1.39. The van der Waals surface area contributed by atoms with E-state index in [0.717, 1.165) is 0 Å². The number of hydrogen-bond donors (Lipinski definition) is 2. The summed E-state index contributed by atoms with van der Waals surface area (Å²) in [6.07, 6.45) is 1.40. The largest absolute Gasteiger partial charge is 0.386 e. The van der Waals surface area contributed by atoms with Crippen molar-refractivity contribution in [1.82, 2.24) is 20.2 Å². The molecule has 0 saturated heterocycles. The Labute approximate surface area is 51.2 Å². The molecule has 0 saturated carbocycles. The van der Waals surface area contributed by atoms with E-state index in [1.807, 2.05) is 0 Å². The summed E-state index contributed by atoms with van der Waals surface area (Å²) in [6, 6.07) is 0. The Morgan fingerprint density at radius 3 is 3.00 bits per heavy atom. The van der Waals surface area contributed by atoms with Crippen molar-refractivity contribution in [3.05, 3.63) is 6.33 Å². The van der Waals surface area contributed by atoms with Crippen molar-refractivity contribution in [2.75, 3.05) is 0 Å². The summed E-state index contributed by atoms with van der Waals surface area (Å²) in [5.74, 6) is 0.0438. The van der Waals surface area contributed by atoms with Gasteiger partial charge in [0.1, 0.15) is 18.7 Å². The Bertz CT molecular complexity index is 188. The quantitative estimate of drug-likeness (QED) is 0.377. The van der Waals surface area contributed by atoms with Gasteiger partial charge in [-0.15, -0.1) is 5.10 Å². The van der Waals surface area contributed by atoms with Crippen LogP contribution in [-0.2, 0) is 6.54 Å². The van der Waals surface area contributed by atoms with E-state index < -0.39 is 0 Å². The number of nitrogens with zero attached hydrogens (tertiary/aromatic N) is 4. The van der Waals surface area contributed by atoms with Crippen LogP contribution in [0.25, 0.3) is 0 Å². The van der Waals surface area contributed by atoms with E-state index in [4.69, 9.17) is 11.1 Å². The van der Waals surface area contributed by atoms with Gasteiger partial charge in [-0.1, -0.05) is 0 Å². The molecule has 3 N–H and O–H groups in total. The lowest BCUT2D eigenvalue weighted by Crippen LogP contribution is -2.18. The number of aromatic nitrogens is 4. The number of nitrogens with two attached hydrogens (primary N) is 1. The second-order valence-electron chi connectivity index (χ2n) is 1.53. The maximum atomic E-state index is 6.83. The van der Waals surface area contributed by atoms with Crippen molar-refractivity contribution in [3.63, 3.8) is 0 Å². The molecule has 9 heavy (non-hydrogen) atoms. The normalized spacial score (nSPS) is 9.33. The van der Waals surface area contributed by atoms with Crippen LogP contribution < -0.4 is 5.73 Å². The summed E-state index contributed by atoms with van der Waals surface area (Å²) >= 11 is 0. The standard InChI is InChI=1S/C3H6N6/c4-3(5)1-9-2-6-7-8-9/h2H,1H2,(H3,4,5). The summed E-state index contributed by atoms with van der Waals surface area (Å²) in [4.78, 5) is 0. The average molecular weight is 126 g/mol. The third-order valence-corrected chi connectivity index (χ3v) is 0.724. The molecule has 48 valence electrons. The van der Waals surface area contributed by atoms with Gasteiger partial charge < -0.3 is 5.73 Å². The maximum absolute atomic E-state index is 6.83. The van der Waals surface area contributed by atoms with Crippen LogP contribution >= 0.6 is 0 Å². The van der Waals surface area contributed by atoms with E-state index in [-0.39, 0.29) is 12.4 Å². The zero-order valence-corrected chi connectivity index (χ0v) is 4.65. The van der Waals surface area contributed by atoms with Crippen LogP contribution in [0.5, 0.6) is 0 Å². The van der Waals surface area contributed by atoms with Crippen molar-refractivity contribution in [2.45, 2.75) is 6.54 Å². The first-order chi connectivity index (χ1) is 4.29. The lowest BCUT2D eigenvalue weighted by molar-refractivity contribution is 0.673. The molecule has 0 spiro atoms. The van der Waals surface area contributed by atoms with E-state index >= 15 is 0 Å². The Balaban J connectivity index is 2.58. The monoisotopic (exact) mass is 126 g/mol. The van der Waals surface area contributed by atoms with Crippen molar-refractivity contribution in [2.24, 2.45) is 5.73 Å². The molecule has 6 nitrogen and oxygen atoms in total. The molecule has 1 aromatic heterocycles. The fraction of sp³-hybridized carbons (Fsp3) is 0.333. The van der Waals surface area contributed by atoms with Crippen molar-refractivity contribution >= 4 is 5.84 Å². The molecule has 0 unspecified atom stereocenters. The van der Waals surface area contributed by atoms with Gasteiger partial charge in [0.15, 0.2) is 0 Å². The highest BCUT2D eigenvalue weighted by molar-refractivity contribution is 5.76. The number of tetrazole rings is 1. The van der Waals surface area contributed by atoms with Gasteiger partial charge in [0, 0.05) is 0 Å². The van der Waals surface area contributed by atoms with Gasteiger partial charge in [0.05, 0.1) is 0 Å². The fourth-order valence-electron chi connectivity index (χ4n) is 0.427. The third-order valence-electron chi connectivity index (χ3n) is 0.724. The molecule has 0 fully saturated rings. The third kappa shape index (κ3) is 1.48. The molecule has 0 aromatic carbocycles. The number of nitrogens with one attached hydrogen (secondary N) is 1. The van der Waals surface area contributed by atoms with Gasteiger partial charge in [0.2, 0.25) is 0 Å². The first-order valence-corrected chi connectivity index (χ1v) is 2.32. The minimum Gasteiger partial charge on any atom is -0.386 e. The first kappa shape index (κ1) is 5.67. The van der Waals surface area contributed by atoms with Gasteiger partial charge in [-0.3, -0.25) is 5.41 Å². The summed E-state index contributed by atoms with van der Waals surface area (Å²) < 4.78 is 1.38. The highest BCUT2D eigenvalue weighted by Crippen LogP contribution is 1.73. The van der Waals surface area contributed by atoms with Crippen LogP contribution in [0.3, 0.4) is 0 Å². The topological polar surface area (TPSA) is 93.5 Å². The van der Waals surface area contributed by atoms with Crippen LogP contribution in [0.2, 0.25) is 0 Å². The van der Waals surface area contributed by atoms with Crippen LogP contribution in [0.15, 0.2) is 6.33 Å². The average Bonchev–Trinajstić information content (AvgIpc) is 2.15. The highest BCUT2D eigenvalue weighted by atomic mass is 15.5. The number of rotatable bonds is 2. The van der Waals surface area contributed by atoms with Crippen molar-refractivity contribution in [3.8, 4) is 0 Å². The van der Waals surface area contributed by atoms with E-state index in [0.29, 0.717) is 0 Å². The minimum absolute atomic E-state index is 0.0438. The number of hydrogen-bond acceptors (Lipinski definition) is 4. The van der Waals surface area contributed by atoms with Gasteiger partial charge in [0.25, 0.3) is 0 Å². The molecule has 1 aromatic rings. The lowest BCUT2D eigenvalue weighted by atomic mass is 10.6. The molecule has 0 radical (unpaired) electrons. The molecule has 6 heteroatoms. The Kier molecular flexibility index (Phi) is 1.39. The van der Waals surface area contributed by atoms with E-state index in [1.54, 1.807) is 0 Å². The maximum Gasteiger partial charge on any atom is 0.138 e. The Morgan fingerprint density at radius 1 is 1.78 bits per heavy atom. The molecule has 1 rings (SSSR count). The predicted molar refractivity (Wildman–Crippen MR) is 29.7 cm³/mol. The molecular formula is C3H6N6. The van der Waals surface area contributed by atoms with Crippen LogP contribution in [0.4, 0.5) is 0 Å². The van der Waals surface area contributed by atoms with Gasteiger partial charge in [-0.25, -0.2) is 4.68 Å². The lowest BCUT2D eigenvalue weighted by Gasteiger charge is -1.92. The van der Waals surface area contributed by atoms with Crippen molar-refractivity contribution in [1.29, 1.82) is 5.41 Å². The molecule has 0 aliphatic rings. The van der Waals surface area contributed by atoms with Gasteiger partial charge >= 0.3 is 0 Å². The van der Waals surface area contributed by atoms with E-state index in [2.05, 4.69) is 15.5 Å². The zero-order chi connectivity index (χ0) is 6.69. The molecule has 0 aliphatic carbocycles. The van der Waals surface area contributed by atoms with Crippen LogP contribution in [0, 0.1) is 5.41 Å². The Hall–Kier alpha value is -1.46. The first-order valence-electron chi connectivity index (χ1n) is 2.32. The molecule has 0 aliphatic heterocycles. The molecule has 0 atom stereocenters. The van der Waals surface area contributed by atoms with E-state index in [1.165, 1.54) is 11.0 Å². The molecule has 0 amide bonds. The summed E-state index contributed by atoms with van der Waals surface area (Å²) in [5, 5.41) is 17.0. The zero-order valence-electron chi connectivity index (χ0n) is 4.65. The van der Waals surface area contributed by atoms with Gasteiger partial charge in [-0.2, -0.15) is 0 Å². The molecular weight excluding hydrogens is 120 g/mol.